The van der Waals surface area contributed by atoms with Crippen molar-refractivity contribution in [2.75, 3.05) is 33.4 Å². The van der Waals surface area contributed by atoms with Gasteiger partial charge in [0.15, 0.2) is 0 Å². The molecular weight excluding hydrogens is 268 g/mol. The van der Waals surface area contributed by atoms with Gasteiger partial charge in [-0.2, -0.15) is 0 Å². The maximum absolute atomic E-state index is 12.6. The molecule has 110 valence electrons. The van der Waals surface area contributed by atoms with Crippen molar-refractivity contribution in [2.24, 2.45) is 0 Å². The van der Waals surface area contributed by atoms with Gasteiger partial charge in [0.1, 0.15) is 5.69 Å². The van der Waals surface area contributed by atoms with Crippen LogP contribution >= 0.6 is 0 Å². The minimum absolute atomic E-state index is 0.0670. The molecule has 2 aromatic rings. The monoisotopic (exact) mass is 286 g/mol. The fourth-order valence-corrected chi connectivity index (χ4v) is 2.50. The highest BCUT2D eigenvalue weighted by atomic mass is 16.6. The summed E-state index contributed by atoms with van der Waals surface area (Å²) in [7, 11) is 1.77. The topological polar surface area (TPSA) is 51.7 Å². The zero-order valence-electron chi connectivity index (χ0n) is 12.0. The molecule has 0 saturated carbocycles. The van der Waals surface area contributed by atoms with Crippen LogP contribution in [0.5, 0.6) is 0 Å². The van der Waals surface area contributed by atoms with E-state index in [0.29, 0.717) is 32.1 Å². The number of aromatic nitrogens is 1. The van der Waals surface area contributed by atoms with Crippen molar-refractivity contribution in [2.45, 2.75) is 6.10 Å². The van der Waals surface area contributed by atoms with Crippen LogP contribution in [-0.2, 0) is 9.47 Å². The molecule has 1 saturated heterocycles. The first-order valence-corrected chi connectivity index (χ1v) is 7.04. The Bertz CT molecular complexity index is 633. The lowest BCUT2D eigenvalue weighted by Crippen LogP contribution is -2.41. The van der Waals surface area contributed by atoms with E-state index >= 15 is 0 Å². The molecule has 5 nitrogen and oxygen atoms in total. The number of amides is 1. The fraction of sp³-hybridized carbons (Fsp3) is 0.375. The standard InChI is InChI=1S/C16H18N2O3/c1-18(10-13-11-20-8-9-21-13)16(19)15-14-5-3-2-4-12(14)6-7-17-15/h2-7,13H,8-11H2,1H3/t13-/m0/s1. The van der Waals surface area contributed by atoms with Gasteiger partial charge < -0.3 is 14.4 Å². The van der Waals surface area contributed by atoms with Gasteiger partial charge in [0.2, 0.25) is 0 Å². The molecule has 1 aliphatic rings. The number of benzene rings is 1. The zero-order valence-corrected chi connectivity index (χ0v) is 12.0. The van der Waals surface area contributed by atoms with Crippen LogP contribution in [0.15, 0.2) is 36.5 Å². The van der Waals surface area contributed by atoms with Crippen LogP contribution in [0, 0.1) is 0 Å². The van der Waals surface area contributed by atoms with Gasteiger partial charge in [0, 0.05) is 25.2 Å². The molecule has 2 heterocycles. The first-order chi connectivity index (χ1) is 10.3. The van der Waals surface area contributed by atoms with Crippen molar-refractivity contribution in [3.63, 3.8) is 0 Å². The number of carbonyl (C=O) groups excluding carboxylic acids is 1. The largest absolute Gasteiger partial charge is 0.376 e. The van der Waals surface area contributed by atoms with Gasteiger partial charge in [0.25, 0.3) is 5.91 Å². The minimum Gasteiger partial charge on any atom is -0.376 e. The second-order valence-electron chi connectivity index (χ2n) is 5.13. The molecule has 0 unspecified atom stereocenters. The van der Waals surface area contributed by atoms with Crippen LogP contribution in [0.25, 0.3) is 10.8 Å². The quantitative estimate of drug-likeness (QED) is 0.862. The Morgan fingerprint density at radius 3 is 3.00 bits per heavy atom. The Balaban J connectivity index is 1.79. The number of nitrogens with zero attached hydrogens (tertiary/aromatic N) is 2. The number of pyridine rings is 1. The van der Waals surface area contributed by atoms with Gasteiger partial charge in [-0.1, -0.05) is 24.3 Å². The average molecular weight is 286 g/mol. The third-order valence-electron chi connectivity index (χ3n) is 3.59. The summed E-state index contributed by atoms with van der Waals surface area (Å²) in [6, 6.07) is 9.67. The summed E-state index contributed by atoms with van der Waals surface area (Å²) in [5.74, 6) is -0.0963. The molecule has 0 radical (unpaired) electrons. The fourth-order valence-electron chi connectivity index (χ4n) is 2.50. The van der Waals surface area contributed by atoms with Crippen molar-refractivity contribution in [1.82, 2.24) is 9.88 Å². The summed E-state index contributed by atoms with van der Waals surface area (Å²) in [6.07, 6.45) is 1.60. The van der Waals surface area contributed by atoms with Crippen molar-refractivity contribution < 1.29 is 14.3 Å². The van der Waals surface area contributed by atoms with Crippen molar-refractivity contribution in [3.05, 3.63) is 42.2 Å². The zero-order chi connectivity index (χ0) is 14.7. The van der Waals surface area contributed by atoms with Crippen molar-refractivity contribution in [1.29, 1.82) is 0 Å². The molecule has 1 aromatic heterocycles. The molecule has 5 heteroatoms. The molecular formula is C16H18N2O3. The second kappa shape index (κ2) is 6.20. The van der Waals surface area contributed by atoms with Crippen LogP contribution in [0.2, 0.25) is 0 Å². The van der Waals surface area contributed by atoms with Crippen molar-refractivity contribution in [3.8, 4) is 0 Å². The van der Waals surface area contributed by atoms with E-state index in [4.69, 9.17) is 9.47 Å². The third-order valence-corrected chi connectivity index (χ3v) is 3.59. The van der Waals surface area contributed by atoms with Crippen LogP contribution in [0.4, 0.5) is 0 Å². The molecule has 0 aliphatic carbocycles. The Morgan fingerprint density at radius 1 is 1.33 bits per heavy atom. The molecule has 1 atom stereocenters. The Labute approximate surface area is 123 Å². The Hall–Kier alpha value is -1.98. The van der Waals surface area contributed by atoms with E-state index in [2.05, 4.69) is 4.98 Å². The van der Waals surface area contributed by atoms with E-state index in [1.165, 1.54) is 0 Å². The molecule has 0 spiro atoms. The molecule has 1 fully saturated rings. The molecule has 0 N–H and O–H groups in total. The summed E-state index contributed by atoms with van der Waals surface area (Å²) in [6.45, 7) is 2.24. The third kappa shape index (κ3) is 3.04. The molecule has 1 aromatic carbocycles. The summed E-state index contributed by atoms with van der Waals surface area (Å²) in [5.41, 5.74) is 0.479. The van der Waals surface area contributed by atoms with Gasteiger partial charge in [-0.15, -0.1) is 0 Å². The number of rotatable bonds is 3. The maximum atomic E-state index is 12.6. The maximum Gasteiger partial charge on any atom is 0.272 e. The van der Waals surface area contributed by atoms with E-state index in [0.717, 1.165) is 10.8 Å². The van der Waals surface area contributed by atoms with E-state index in [1.807, 2.05) is 30.3 Å². The molecule has 1 aliphatic heterocycles. The van der Waals surface area contributed by atoms with Crippen LogP contribution in [0.1, 0.15) is 10.5 Å². The normalized spacial score (nSPS) is 18.6. The number of ether oxygens (including phenoxy) is 2. The van der Waals surface area contributed by atoms with Crippen molar-refractivity contribution >= 4 is 16.7 Å². The number of likely N-dealkylation sites (N-methyl/N-ethyl adjacent to an activating group) is 1. The predicted molar refractivity (Wildman–Crippen MR) is 79.3 cm³/mol. The Morgan fingerprint density at radius 2 is 2.19 bits per heavy atom. The van der Waals surface area contributed by atoms with E-state index in [9.17, 15) is 4.79 Å². The predicted octanol–water partition coefficient (Wildman–Crippen LogP) is 1.72. The highest BCUT2D eigenvalue weighted by molar-refractivity contribution is 6.05. The lowest BCUT2D eigenvalue weighted by molar-refractivity contribution is -0.0933. The van der Waals surface area contributed by atoms with E-state index in [-0.39, 0.29) is 12.0 Å². The first-order valence-electron chi connectivity index (χ1n) is 7.04. The number of hydrogen-bond acceptors (Lipinski definition) is 4. The number of carbonyl (C=O) groups is 1. The summed E-state index contributed by atoms with van der Waals surface area (Å²) < 4.78 is 10.9. The number of fused-ring (bicyclic) bond motifs is 1. The highest BCUT2D eigenvalue weighted by Gasteiger charge is 2.22. The molecule has 1 amide bonds. The summed E-state index contributed by atoms with van der Waals surface area (Å²) >= 11 is 0. The molecule has 0 bridgehead atoms. The van der Waals surface area contributed by atoms with Crippen LogP contribution < -0.4 is 0 Å². The smallest absolute Gasteiger partial charge is 0.272 e. The minimum atomic E-state index is -0.0963. The lowest BCUT2D eigenvalue weighted by Gasteiger charge is -2.27. The van der Waals surface area contributed by atoms with Crippen LogP contribution in [0.3, 0.4) is 0 Å². The number of hydrogen-bond donors (Lipinski definition) is 0. The summed E-state index contributed by atoms with van der Waals surface area (Å²) in [4.78, 5) is 18.5. The molecule has 21 heavy (non-hydrogen) atoms. The van der Waals surface area contributed by atoms with E-state index in [1.54, 1.807) is 18.1 Å². The van der Waals surface area contributed by atoms with Gasteiger partial charge in [-0.05, 0) is 11.5 Å². The Kier molecular flexibility index (Phi) is 4.13. The van der Waals surface area contributed by atoms with Gasteiger partial charge in [-0.25, -0.2) is 0 Å². The van der Waals surface area contributed by atoms with Gasteiger partial charge >= 0.3 is 0 Å². The first kappa shape index (κ1) is 14.0. The average Bonchev–Trinajstić information content (AvgIpc) is 2.54. The van der Waals surface area contributed by atoms with Gasteiger partial charge in [0.05, 0.1) is 25.9 Å². The van der Waals surface area contributed by atoms with Gasteiger partial charge in [-0.3, -0.25) is 9.78 Å². The summed E-state index contributed by atoms with van der Waals surface area (Å²) in [5, 5.41) is 1.89. The van der Waals surface area contributed by atoms with Crippen LogP contribution in [-0.4, -0.2) is 55.3 Å². The molecule has 3 rings (SSSR count). The van der Waals surface area contributed by atoms with E-state index < -0.39 is 0 Å². The second-order valence-corrected chi connectivity index (χ2v) is 5.13. The SMILES string of the molecule is CN(C[C@H]1COCCO1)C(=O)c1nccc2ccccc12. The lowest BCUT2D eigenvalue weighted by atomic mass is 10.1. The highest BCUT2D eigenvalue weighted by Crippen LogP contribution is 2.17.